The Morgan fingerprint density at radius 1 is 0.577 bits per heavy atom. The fourth-order valence-electron chi connectivity index (χ4n) is 3.41. The number of hydrogen-bond acceptors (Lipinski definition) is 1. The van der Waals surface area contributed by atoms with Gasteiger partial charge in [0.2, 0.25) is 0 Å². The highest BCUT2D eigenvalue weighted by molar-refractivity contribution is 5.66. The summed E-state index contributed by atoms with van der Waals surface area (Å²) in [5.74, 6) is -0.668. The topological polar surface area (TPSA) is 37.3 Å². The van der Waals surface area contributed by atoms with Gasteiger partial charge < -0.3 is 5.11 Å². The molecule has 0 aromatic rings. The first-order valence-corrected chi connectivity index (χ1v) is 11.6. The number of hydrogen-bond donors (Lipinski definition) is 1. The van der Waals surface area contributed by atoms with E-state index in [2.05, 4.69) is 19.1 Å². The Labute approximate surface area is 163 Å². The first-order valence-electron chi connectivity index (χ1n) is 11.6. The molecule has 0 heterocycles. The van der Waals surface area contributed by atoms with Crippen molar-refractivity contribution in [2.75, 3.05) is 0 Å². The van der Waals surface area contributed by atoms with Gasteiger partial charge in [-0.2, -0.15) is 0 Å². The van der Waals surface area contributed by atoms with Crippen LogP contribution in [0.3, 0.4) is 0 Å². The summed E-state index contributed by atoms with van der Waals surface area (Å²) in [4.78, 5) is 10.4. The standard InChI is InChI=1S/C24H46O2/c1-2-3-4-5-6-7-8-9-10-11-12-13-14-15-16-17-18-19-20-21-22-23-24(25)26/h17-18H,2-16,19-23H2,1H3,(H,25,26). The van der Waals surface area contributed by atoms with Crippen LogP contribution < -0.4 is 0 Å². The summed E-state index contributed by atoms with van der Waals surface area (Å²) in [7, 11) is 0. The van der Waals surface area contributed by atoms with Crippen LogP contribution in [0.1, 0.15) is 135 Å². The molecule has 0 saturated heterocycles. The highest BCUT2D eigenvalue weighted by Crippen LogP contribution is 2.13. The molecule has 0 aromatic heterocycles. The number of carboxylic acids is 1. The summed E-state index contributed by atoms with van der Waals surface area (Å²) < 4.78 is 0. The normalized spacial score (nSPS) is 11.4. The molecule has 2 nitrogen and oxygen atoms in total. The molecule has 0 radical (unpaired) electrons. The second-order valence-corrected chi connectivity index (χ2v) is 7.85. The van der Waals surface area contributed by atoms with Crippen molar-refractivity contribution in [1.82, 2.24) is 0 Å². The lowest BCUT2D eigenvalue weighted by molar-refractivity contribution is -0.137. The second-order valence-electron chi connectivity index (χ2n) is 7.85. The number of rotatable bonds is 21. The van der Waals surface area contributed by atoms with Gasteiger partial charge in [-0.15, -0.1) is 0 Å². The van der Waals surface area contributed by atoms with E-state index in [-0.39, 0.29) is 0 Å². The first kappa shape index (κ1) is 25.2. The van der Waals surface area contributed by atoms with E-state index in [1.165, 1.54) is 96.3 Å². The smallest absolute Gasteiger partial charge is 0.303 e. The molecule has 0 saturated carbocycles. The van der Waals surface area contributed by atoms with Crippen molar-refractivity contribution in [2.45, 2.75) is 135 Å². The molecular formula is C24H46O2. The van der Waals surface area contributed by atoms with Gasteiger partial charge in [-0.05, 0) is 32.1 Å². The number of carbonyl (C=O) groups is 1. The van der Waals surface area contributed by atoms with Gasteiger partial charge in [0.15, 0.2) is 0 Å². The largest absolute Gasteiger partial charge is 0.481 e. The van der Waals surface area contributed by atoms with E-state index >= 15 is 0 Å². The van der Waals surface area contributed by atoms with Crippen LogP contribution in [0.25, 0.3) is 0 Å². The number of unbranched alkanes of at least 4 members (excludes halogenated alkanes) is 17. The van der Waals surface area contributed by atoms with Crippen LogP contribution in [0, 0.1) is 0 Å². The van der Waals surface area contributed by atoms with Crippen LogP contribution in [-0.4, -0.2) is 11.1 Å². The van der Waals surface area contributed by atoms with E-state index in [0.29, 0.717) is 6.42 Å². The van der Waals surface area contributed by atoms with Crippen molar-refractivity contribution >= 4 is 5.97 Å². The SMILES string of the molecule is CCCCCCCCCCCCCCCCC=CCCCCCC(=O)O. The maximum absolute atomic E-state index is 10.4. The minimum atomic E-state index is -0.668. The number of allylic oxidation sites excluding steroid dienone is 2. The molecule has 0 aliphatic heterocycles. The molecule has 0 bridgehead atoms. The van der Waals surface area contributed by atoms with Crippen molar-refractivity contribution in [3.63, 3.8) is 0 Å². The zero-order valence-corrected chi connectivity index (χ0v) is 17.7. The van der Waals surface area contributed by atoms with Crippen LogP contribution >= 0.6 is 0 Å². The third-order valence-electron chi connectivity index (χ3n) is 5.15. The van der Waals surface area contributed by atoms with Crippen LogP contribution in [0.5, 0.6) is 0 Å². The summed E-state index contributed by atoms with van der Waals surface area (Å²) in [5, 5.41) is 8.56. The van der Waals surface area contributed by atoms with Crippen LogP contribution in [0.2, 0.25) is 0 Å². The van der Waals surface area contributed by atoms with Crippen molar-refractivity contribution in [1.29, 1.82) is 0 Å². The molecule has 0 aliphatic rings. The van der Waals surface area contributed by atoms with Crippen LogP contribution in [0.15, 0.2) is 12.2 Å². The molecule has 0 fully saturated rings. The average molecular weight is 367 g/mol. The van der Waals surface area contributed by atoms with E-state index in [1.54, 1.807) is 0 Å². The van der Waals surface area contributed by atoms with Crippen molar-refractivity contribution < 1.29 is 9.90 Å². The lowest BCUT2D eigenvalue weighted by Gasteiger charge is -2.02. The predicted octanol–water partition coefficient (Wildman–Crippen LogP) is 8.45. The van der Waals surface area contributed by atoms with E-state index in [4.69, 9.17) is 5.11 Å². The Bertz CT molecular complexity index is 309. The maximum Gasteiger partial charge on any atom is 0.303 e. The zero-order chi connectivity index (χ0) is 19.1. The molecule has 0 atom stereocenters. The average Bonchev–Trinajstić information content (AvgIpc) is 2.62. The molecule has 0 spiro atoms. The summed E-state index contributed by atoms with van der Waals surface area (Å²) in [5.41, 5.74) is 0. The Morgan fingerprint density at radius 2 is 0.923 bits per heavy atom. The highest BCUT2D eigenvalue weighted by Gasteiger charge is 1.95. The molecule has 0 amide bonds. The fraction of sp³-hybridized carbons (Fsp3) is 0.875. The third kappa shape index (κ3) is 23.2. The predicted molar refractivity (Wildman–Crippen MR) is 115 cm³/mol. The minimum Gasteiger partial charge on any atom is -0.481 e. The minimum absolute atomic E-state index is 0.322. The lowest BCUT2D eigenvalue weighted by atomic mass is 10.0. The van der Waals surface area contributed by atoms with Crippen LogP contribution in [0.4, 0.5) is 0 Å². The summed E-state index contributed by atoms with van der Waals surface area (Å²) in [6.45, 7) is 2.28. The third-order valence-corrected chi connectivity index (χ3v) is 5.15. The van der Waals surface area contributed by atoms with E-state index in [1.807, 2.05) is 0 Å². The molecule has 0 rings (SSSR count). The maximum atomic E-state index is 10.4. The van der Waals surface area contributed by atoms with Crippen molar-refractivity contribution in [3.05, 3.63) is 12.2 Å². The molecule has 0 aromatic carbocycles. The molecular weight excluding hydrogens is 320 g/mol. The number of aliphatic carboxylic acids is 1. The zero-order valence-electron chi connectivity index (χ0n) is 17.7. The molecule has 2 heteroatoms. The first-order chi connectivity index (χ1) is 12.8. The van der Waals surface area contributed by atoms with Gasteiger partial charge in [0.1, 0.15) is 0 Å². The van der Waals surface area contributed by atoms with Crippen molar-refractivity contribution in [3.8, 4) is 0 Å². The van der Waals surface area contributed by atoms with E-state index < -0.39 is 5.97 Å². The monoisotopic (exact) mass is 366 g/mol. The molecule has 0 aliphatic carbocycles. The number of carboxylic acid groups (broad SMARTS) is 1. The van der Waals surface area contributed by atoms with Gasteiger partial charge in [-0.25, -0.2) is 0 Å². The molecule has 154 valence electrons. The van der Waals surface area contributed by atoms with Gasteiger partial charge in [0, 0.05) is 6.42 Å². The van der Waals surface area contributed by atoms with E-state index in [9.17, 15) is 4.79 Å². The Kier molecular flexibility index (Phi) is 21.6. The quantitative estimate of drug-likeness (QED) is 0.163. The molecule has 0 unspecified atom stereocenters. The van der Waals surface area contributed by atoms with Gasteiger partial charge >= 0.3 is 5.97 Å². The van der Waals surface area contributed by atoms with Crippen LogP contribution in [-0.2, 0) is 4.79 Å². The van der Waals surface area contributed by atoms with Gasteiger partial charge in [-0.3, -0.25) is 4.79 Å². The van der Waals surface area contributed by atoms with Gasteiger partial charge in [0.25, 0.3) is 0 Å². The summed E-state index contributed by atoms with van der Waals surface area (Å²) >= 11 is 0. The molecule has 1 N–H and O–H groups in total. The van der Waals surface area contributed by atoms with Crippen molar-refractivity contribution in [2.24, 2.45) is 0 Å². The lowest BCUT2D eigenvalue weighted by Crippen LogP contribution is -1.93. The fourth-order valence-corrected chi connectivity index (χ4v) is 3.41. The summed E-state index contributed by atoms with van der Waals surface area (Å²) in [6, 6.07) is 0. The molecule has 26 heavy (non-hydrogen) atoms. The second kappa shape index (κ2) is 22.3. The Hall–Kier alpha value is -0.790. The van der Waals surface area contributed by atoms with E-state index in [0.717, 1.165) is 25.7 Å². The Morgan fingerprint density at radius 3 is 1.31 bits per heavy atom. The Balaban J connectivity index is 3.06. The van der Waals surface area contributed by atoms with Gasteiger partial charge in [-0.1, -0.05) is 109 Å². The summed E-state index contributed by atoms with van der Waals surface area (Å²) in [6.07, 6.45) is 30.1. The van der Waals surface area contributed by atoms with Gasteiger partial charge in [0.05, 0.1) is 0 Å². The highest BCUT2D eigenvalue weighted by atomic mass is 16.4.